The summed E-state index contributed by atoms with van der Waals surface area (Å²) in [7, 11) is 0. The molecule has 77 valence electrons. The molecule has 1 heterocycles. The number of rotatable bonds is 3. The molecule has 0 bridgehead atoms. The minimum absolute atomic E-state index is 0.299. The van der Waals surface area contributed by atoms with Crippen LogP contribution in [0.15, 0.2) is 24.4 Å². The zero-order chi connectivity index (χ0) is 10.8. The Labute approximate surface area is 86.1 Å². The van der Waals surface area contributed by atoms with Crippen LogP contribution in [0.4, 0.5) is 4.39 Å². The Morgan fingerprint density at radius 1 is 1.53 bits per heavy atom. The number of benzene rings is 1. The maximum atomic E-state index is 13.0. The number of carbonyl (C=O) groups excluding carboxylic acids is 1. The molecular weight excluding hydrogens is 195 g/mol. The van der Waals surface area contributed by atoms with E-state index >= 15 is 0 Å². The van der Waals surface area contributed by atoms with Gasteiger partial charge in [0.05, 0.1) is 6.04 Å². The van der Waals surface area contributed by atoms with Crippen molar-refractivity contribution in [1.29, 1.82) is 0 Å². The molecule has 15 heavy (non-hydrogen) atoms. The van der Waals surface area contributed by atoms with E-state index in [1.54, 1.807) is 18.5 Å². The summed E-state index contributed by atoms with van der Waals surface area (Å²) < 4.78 is 13.0. The minimum atomic E-state index is -0.660. The van der Waals surface area contributed by atoms with Crippen LogP contribution in [0.1, 0.15) is 5.56 Å². The SMILES string of the molecule is N[C@H]([C]=O)Cc1c[nH]c2ccc(F)cc12. The molecule has 0 aliphatic rings. The first-order valence-electron chi connectivity index (χ1n) is 4.59. The molecule has 0 amide bonds. The predicted octanol–water partition coefficient (Wildman–Crippen LogP) is 1.29. The molecule has 0 fully saturated rings. The van der Waals surface area contributed by atoms with Crippen molar-refractivity contribution in [2.24, 2.45) is 5.73 Å². The van der Waals surface area contributed by atoms with Crippen LogP contribution in [0, 0.1) is 5.82 Å². The number of halogens is 1. The van der Waals surface area contributed by atoms with Gasteiger partial charge in [0.1, 0.15) is 5.82 Å². The van der Waals surface area contributed by atoms with Crippen molar-refractivity contribution in [2.45, 2.75) is 12.5 Å². The number of fused-ring (bicyclic) bond motifs is 1. The lowest BCUT2D eigenvalue weighted by atomic mass is 10.1. The first-order valence-corrected chi connectivity index (χ1v) is 4.59. The second kappa shape index (κ2) is 3.82. The average Bonchev–Trinajstić information content (AvgIpc) is 2.61. The van der Waals surface area contributed by atoms with Gasteiger partial charge in [-0.25, -0.2) is 4.39 Å². The molecule has 1 aromatic heterocycles. The van der Waals surface area contributed by atoms with Gasteiger partial charge in [0.15, 0.2) is 0 Å². The van der Waals surface area contributed by atoms with Crippen LogP contribution in [0.5, 0.6) is 0 Å². The quantitative estimate of drug-likeness (QED) is 0.793. The lowest BCUT2D eigenvalue weighted by Crippen LogP contribution is -2.23. The molecular formula is C11H10FN2O. The summed E-state index contributed by atoms with van der Waals surface area (Å²) in [5, 5.41) is 0.765. The van der Waals surface area contributed by atoms with E-state index in [1.807, 2.05) is 0 Å². The molecule has 4 heteroatoms. The Bertz CT molecular complexity index is 492. The highest BCUT2D eigenvalue weighted by molar-refractivity contribution is 5.83. The van der Waals surface area contributed by atoms with Crippen molar-refractivity contribution in [3.63, 3.8) is 0 Å². The highest BCUT2D eigenvalue weighted by Crippen LogP contribution is 2.20. The summed E-state index contributed by atoms with van der Waals surface area (Å²) in [4.78, 5) is 13.3. The monoisotopic (exact) mass is 205 g/mol. The van der Waals surface area contributed by atoms with Crippen LogP contribution in [-0.2, 0) is 11.2 Å². The van der Waals surface area contributed by atoms with Gasteiger partial charge < -0.3 is 10.7 Å². The molecule has 0 spiro atoms. The third-order valence-electron chi connectivity index (χ3n) is 2.32. The van der Waals surface area contributed by atoms with E-state index in [-0.39, 0.29) is 5.82 Å². The Hall–Kier alpha value is -1.68. The van der Waals surface area contributed by atoms with Gasteiger partial charge >= 0.3 is 0 Å². The topological polar surface area (TPSA) is 58.9 Å². The predicted molar refractivity (Wildman–Crippen MR) is 55.6 cm³/mol. The van der Waals surface area contributed by atoms with Gasteiger partial charge in [0, 0.05) is 17.1 Å². The van der Waals surface area contributed by atoms with E-state index in [9.17, 15) is 9.18 Å². The third kappa shape index (κ3) is 1.89. The zero-order valence-electron chi connectivity index (χ0n) is 7.96. The Morgan fingerprint density at radius 2 is 2.33 bits per heavy atom. The molecule has 1 radical (unpaired) electrons. The van der Waals surface area contributed by atoms with E-state index in [4.69, 9.17) is 5.73 Å². The highest BCUT2D eigenvalue weighted by Gasteiger charge is 2.09. The van der Waals surface area contributed by atoms with Gasteiger partial charge in [0.25, 0.3) is 0 Å². The summed E-state index contributed by atoms with van der Waals surface area (Å²) >= 11 is 0. The summed E-state index contributed by atoms with van der Waals surface area (Å²) in [6, 6.07) is 3.81. The van der Waals surface area contributed by atoms with Crippen LogP contribution in [0.3, 0.4) is 0 Å². The van der Waals surface area contributed by atoms with Crippen molar-refractivity contribution in [2.75, 3.05) is 0 Å². The number of aromatic nitrogens is 1. The van der Waals surface area contributed by atoms with Gasteiger partial charge in [-0.15, -0.1) is 0 Å². The van der Waals surface area contributed by atoms with Gasteiger partial charge in [-0.05, 0) is 30.2 Å². The van der Waals surface area contributed by atoms with Crippen LogP contribution in [-0.4, -0.2) is 17.3 Å². The molecule has 2 aromatic rings. The van der Waals surface area contributed by atoms with E-state index in [1.165, 1.54) is 12.1 Å². The Morgan fingerprint density at radius 3 is 3.07 bits per heavy atom. The maximum absolute atomic E-state index is 13.0. The molecule has 3 N–H and O–H groups in total. The van der Waals surface area contributed by atoms with Crippen LogP contribution < -0.4 is 5.73 Å². The van der Waals surface area contributed by atoms with Crippen molar-refractivity contribution in [3.8, 4) is 0 Å². The fourth-order valence-corrected chi connectivity index (χ4v) is 1.60. The number of hydrogen-bond donors (Lipinski definition) is 2. The van der Waals surface area contributed by atoms with Gasteiger partial charge in [-0.1, -0.05) is 0 Å². The largest absolute Gasteiger partial charge is 0.361 e. The number of aromatic amines is 1. The maximum Gasteiger partial charge on any atom is 0.217 e. The van der Waals surface area contributed by atoms with Crippen molar-refractivity contribution >= 4 is 17.2 Å². The van der Waals surface area contributed by atoms with Crippen LogP contribution in [0.2, 0.25) is 0 Å². The van der Waals surface area contributed by atoms with E-state index in [0.717, 1.165) is 16.5 Å². The van der Waals surface area contributed by atoms with Gasteiger partial charge in [0.2, 0.25) is 6.29 Å². The smallest absolute Gasteiger partial charge is 0.217 e. The second-order valence-corrected chi connectivity index (χ2v) is 3.43. The van der Waals surface area contributed by atoms with Crippen molar-refractivity contribution in [3.05, 3.63) is 35.8 Å². The zero-order valence-corrected chi connectivity index (χ0v) is 7.96. The number of nitrogens with two attached hydrogens (primary N) is 1. The minimum Gasteiger partial charge on any atom is -0.361 e. The van der Waals surface area contributed by atoms with Crippen molar-refractivity contribution < 1.29 is 9.18 Å². The molecule has 0 saturated carbocycles. The molecule has 0 aliphatic carbocycles. The van der Waals surface area contributed by atoms with Gasteiger partial charge in [-0.2, -0.15) is 0 Å². The summed E-state index contributed by atoms with van der Waals surface area (Å²) in [6.45, 7) is 0. The molecule has 2 rings (SSSR count). The normalized spacial score (nSPS) is 12.9. The number of nitrogens with one attached hydrogen (secondary N) is 1. The van der Waals surface area contributed by atoms with Gasteiger partial charge in [-0.3, -0.25) is 4.79 Å². The highest BCUT2D eigenvalue weighted by atomic mass is 19.1. The van der Waals surface area contributed by atoms with E-state index in [0.29, 0.717) is 6.42 Å². The number of H-pyrrole nitrogens is 1. The van der Waals surface area contributed by atoms with Crippen LogP contribution >= 0.6 is 0 Å². The molecule has 0 aliphatic heterocycles. The molecule has 3 nitrogen and oxygen atoms in total. The molecule has 0 unspecified atom stereocenters. The summed E-state index contributed by atoms with van der Waals surface area (Å²) in [5.41, 5.74) is 7.13. The average molecular weight is 205 g/mol. The standard InChI is InChI=1S/C11H10FN2O/c12-8-1-2-11-10(4-8)7(5-14-11)3-9(13)6-15/h1-2,4-5,9,14H,3,13H2/t9-/m0/s1. The lowest BCUT2D eigenvalue weighted by molar-refractivity contribution is 0.541. The third-order valence-corrected chi connectivity index (χ3v) is 2.32. The Kier molecular flexibility index (Phi) is 2.51. The fourth-order valence-electron chi connectivity index (χ4n) is 1.60. The fraction of sp³-hybridized carbons (Fsp3) is 0.182. The van der Waals surface area contributed by atoms with E-state index in [2.05, 4.69) is 4.98 Å². The molecule has 0 saturated heterocycles. The number of hydrogen-bond acceptors (Lipinski definition) is 2. The summed E-state index contributed by atoms with van der Waals surface area (Å²) in [6.07, 6.45) is 3.81. The van der Waals surface area contributed by atoms with Crippen molar-refractivity contribution in [1.82, 2.24) is 4.98 Å². The summed E-state index contributed by atoms with van der Waals surface area (Å²) in [5.74, 6) is -0.299. The molecule has 1 aromatic carbocycles. The molecule has 1 atom stereocenters. The second-order valence-electron chi connectivity index (χ2n) is 3.43. The van der Waals surface area contributed by atoms with Crippen LogP contribution in [0.25, 0.3) is 10.9 Å². The first-order chi connectivity index (χ1) is 7.20. The van der Waals surface area contributed by atoms with E-state index < -0.39 is 6.04 Å². The Balaban J connectivity index is 2.43. The lowest BCUT2D eigenvalue weighted by Gasteiger charge is -2.01. The first kappa shape index (κ1) is 9.86.